The minimum Gasteiger partial charge on any atom is -0.369 e. The number of nitrogens with one attached hydrogen (secondary N) is 1. The molecule has 64 valence electrons. The molecule has 3 N–H and O–H groups in total. The smallest absolute Gasteiger partial charge is 0.221 e. The number of amides is 1. The lowest BCUT2D eigenvalue weighted by atomic mass is 9.93. The Hall–Kier alpha value is -0.570. The predicted molar refractivity (Wildman–Crippen MR) is 44.0 cm³/mol. The Morgan fingerprint density at radius 2 is 2.36 bits per heavy atom. The van der Waals surface area contributed by atoms with E-state index in [1.807, 2.05) is 0 Å². The summed E-state index contributed by atoms with van der Waals surface area (Å²) in [6.07, 6.45) is 3.19. The molecular weight excluding hydrogens is 140 g/mol. The van der Waals surface area contributed by atoms with Gasteiger partial charge in [0, 0.05) is 12.6 Å². The van der Waals surface area contributed by atoms with E-state index in [1.165, 1.54) is 0 Å². The van der Waals surface area contributed by atoms with E-state index >= 15 is 0 Å². The first-order chi connectivity index (χ1) is 5.24. The van der Waals surface area contributed by atoms with Crippen LogP contribution in [0.2, 0.25) is 0 Å². The van der Waals surface area contributed by atoms with Crippen LogP contribution in [0.1, 0.15) is 26.2 Å². The standard InChI is InChI=1S/C8H16N2O/c1-2-7-4-3-6(5-10-7)8(9)11/h6-7,10H,2-5H2,1H3,(H2,9,11). The highest BCUT2D eigenvalue weighted by Gasteiger charge is 2.22. The van der Waals surface area contributed by atoms with E-state index in [2.05, 4.69) is 12.2 Å². The van der Waals surface area contributed by atoms with Gasteiger partial charge in [0.2, 0.25) is 5.91 Å². The summed E-state index contributed by atoms with van der Waals surface area (Å²) >= 11 is 0. The molecular formula is C8H16N2O. The fourth-order valence-electron chi connectivity index (χ4n) is 1.51. The summed E-state index contributed by atoms with van der Waals surface area (Å²) in [6, 6.07) is 0.602. The van der Waals surface area contributed by atoms with Crippen LogP contribution in [-0.4, -0.2) is 18.5 Å². The second-order valence-electron chi connectivity index (χ2n) is 3.19. The molecule has 1 amide bonds. The lowest BCUT2D eigenvalue weighted by molar-refractivity contribution is -0.122. The van der Waals surface area contributed by atoms with Crippen molar-refractivity contribution in [2.24, 2.45) is 11.7 Å². The highest BCUT2D eigenvalue weighted by molar-refractivity contribution is 5.76. The van der Waals surface area contributed by atoms with Crippen molar-refractivity contribution in [2.45, 2.75) is 32.2 Å². The molecule has 1 rings (SSSR count). The third-order valence-corrected chi connectivity index (χ3v) is 2.41. The average Bonchev–Trinajstić information content (AvgIpc) is 2.05. The van der Waals surface area contributed by atoms with Crippen LogP contribution in [0.4, 0.5) is 0 Å². The largest absolute Gasteiger partial charge is 0.369 e. The lowest BCUT2D eigenvalue weighted by Gasteiger charge is -2.27. The molecule has 0 aliphatic carbocycles. The Bertz CT molecular complexity index is 139. The molecule has 11 heavy (non-hydrogen) atoms. The Morgan fingerprint density at radius 3 is 2.73 bits per heavy atom. The van der Waals surface area contributed by atoms with Crippen molar-refractivity contribution in [3.05, 3.63) is 0 Å². The van der Waals surface area contributed by atoms with Gasteiger partial charge in [0.1, 0.15) is 0 Å². The van der Waals surface area contributed by atoms with Crippen LogP contribution in [0.3, 0.4) is 0 Å². The van der Waals surface area contributed by atoms with Crippen LogP contribution in [0.25, 0.3) is 0 Å². The van der Waals surface area contributed by atoms with E-state index in [4.69, 9.17) is 5.73 Å². The molecule has 0 aromatic carbocycles. The zero-order chi connectivity index (χ0) is 8.27. The second-order valence-corrected chi connectivity index (χ2v) is 3.19. The summed E-state index contributed by atoms with van der Waals surface area (Å²) in [7, 11) is 0. The summed E-state index contributed by atoms with van der Waals surface area (Å²) in [5.74, 6) is -0.0927. The molecule has 2 atom stereocenters. The molecule has 1 fully saturated rings. The number of rotatable bonds is 2. The van der Waals surface area contributed by atoms with Gasteiger partial charge < -0.3 is 11.1 Å². The Balaban J connectivity index is 2.30. The zero-order valence-electron chi connectivity index (χ0n) is 6.97. The monoisotopic (exact) mass is 156 g/mol. The van der Waals surface area contributed by atoms with Crippen molar-refractivity contribution in [3.63, 3.8) is 0 Å². The van der Waals surface area contributed by atoms with Crippen LogP contribution in [0, 0.1) is 5.92 Å². The third kappa shape index (κ3) is 2.19. The van der Waals surface area contributed by atoms with Gasteiger partial charge in [-0.25, -0.2) is 0 Å². The first kappa shape index (κ1) is 8.53. The molecule has 0 spiro atoms. The Morgan fingerprint density at radius 1 is 1.64 bits per heavy atom. The maximum Gasteiger partial charge on any atom is 0.221 e. The zero-order valence-corrected chi connectivity index (χ0v) is 6.97. The SMILES string of the molecule is CCC1CCC(C(N)=O)CN1. The summed E-state index contributed by atoms with van der Waals surface area (Å²) in [5.41, 5.74) is 5.18. The number of piperidine rings is 1. The summed E-state index contributed by atoms with van der Waals surface area (Å²) in [6.45, 7) is 2.93. The van der Waals surface area contributed by atoms with Gasteiger partial charge in [0.25, 0.3) is 0 Å². The van der Waals surface area contributed by atoms with Gasteiger partial charge in [-0.2, -0.15) is 0 Å². The van der Waals surface area contributed by atoms with E-state index in [9.17, 15) is 4.79 Å². The van der Waals surface area contributed by atoms with Gasteiger partial charge in [0.05, 0.1) is 5.92 Å². The van der Waals surface area contributed by atoms with E-state index in [-0.39, 0.29) is 11.8 Å². The average molecular weight is 156 g/mol. The molecule has 0 saturated carbocycles. The number of hydrogen-bond acceptors (Lipinski definition) is 2. The molecule has 3 nitrogen and oxygen atoms in total. The van der Waals surface area contributed by atoms with Crippen molar-refractivity contribution >= 4 is 5.91 Å². The van der Waals surface area contributed by atoms with Crippen molar-refractivity contribution in [2.75, 3.05) is 6.54 Å². The Labute approximate surface area is 67.3 Å². The first-order valence-electron chi connectivity index (χ1n) is 4.26. The molecule has 1 saturated heterocycles. The van der Waals surface area contributed by atoms with Crippen molar-refractivity contribution < 1.29 is 4.79 Å². The summed E-state index contributed by atoms with van der Waals surface area (Å²) < 4.78 is 0. The lowest BCUT2D eigenvalue weighted by Crippen LogP contribution is -2.43. The number of carbonyl (C=O) groups excluding carboxylic acids is 1. The van der Waals surface area contributed by atoms with E-state index in [0.29, 0.717) is 6.04 Å². The van der Waals surface area contributed by atoms with E-state index < -0.39 is 0 Å². The minimum atomic E-state index is -0.160. The number of nitrogens with two attached hydrogens (primary N) is 1. The van der Waals surface area contributed by atoms with E-state index in [0.717, 1.165) is 25.8 Å². The van der Waals surface area contributed by atoms with Crippen LogP contribution in [0.5, 0.6) is 0 Å². The molecule has 1 aliphatic heterocycles. The van der Waals surface area contributed by atoms with Gasteiger partial charge in [-0.3, -0.25) is 4.79 Å². The maximum atomic E-state index is 10.7. The van der Waals surface area contributed by atoms with Gasteiger partial charge in [-0.05, 0) is 19.3 Å². The van der Waals surface area contributed by atoms with Crippen molar-refractivity contribution in [1.82, 2.24) is 5.32 Å². The predicted octanol–water partition coefficient (Wildman–Crippen LogP) is 0.250. The number of carbonyl (C=O) groups is 1. The third-order valence-electron chi connectivity index (χ3n) is 2.41. The highest BCUT2D eigenvalue weighted by Crippen LogP contribution is 2.15. The minimum absolute atomic E-state index is 0.0674. The molecule has 2 unspecified atom stereocenters. The van der Waals surface area contributed by atoms with Crippen LogP contribution >= 0.6 is 0 Å². The van der Waals surface area contributed by atoms with Crippen LogP contribution in [-0.2, 0) is 4.79 Å². The van der Waals surface area contributed by atoms with Crippen LogP contribution in [0.15, 0.2) is 0 Å². The van der Waals surface area contributed by atoms with E-state index in [1.54, 1.807) is 0 Å². The molecule has 1 aliphatic rings. The van der Waals surface area contributed by atoms with Gasteiger partial charge in [0.15, 0.2) is 0 Å². The molecule has 3 heteroatoms. The molecule has 1 heterocycles. The fraction of sp³-hybridized carbons (Fsp3) is 0.875. The molecule has 0 aromatic rings. The number of hydrogen-bond donors (Lipinski definition) is 2. The van der Waals surface area contributed by atoms with Crippen LogP contribution < -0.4 is 11.1 Å². The second kappa shape index (κ2) is 3.72. The number of primary amides is 1. The quantitative estimate of drug-likeness (QED) is 0.602. The summed E-state index contributed by atoms with van der Waals surface area (Å²) in [4.78, 5) is 10.7. The molecule has 0 aromatic heterocycles. The van der Waals surface area contributed by atoms with Gasteiger partial charge in [-0.15, -0.1) is 0 Å². The van der Waals surface area contributed by atoms with Gasteiger partial charge >= 0.3 is 0 Å². The Kier molecular flexibility index (Phi) is 2.88. The normalized spacial score (nSPS) is 31.7. The van der Waals surface area contributed by atoms with Crippen molar-refractivity contribution in [1.29, 1.82) is 0 Å². The summed E-state index contributed by atoms with van der Waals surface area (Å²) in [5, 5.41) is 3.30. The topological polar surface area (TPSA) is 55.1 Å². The highest BCUT2D eigenvalue weighted by atomic mass is 16.1. The fourth-order valence-corrected chi connectivity index (χ4v) is 1.51. The molecule has 0 radical (unpaired) electrons. The van der Waals surface area contributed by atoms with Gasteiger partial charge in [-0.1, -0.05) is 6.92 Å². The first-order valence-corrected chi connectivity index (χ1v) is 4.26. The maximum absolute atomic E-state index is 10.7. The molecule has 0 bridgehead atoms. The van der Waals surface area contributed by atoms with Crippen molar-refractivity contribution in [3.8, 4) is 0 Å².